The molecule has 1 rings (SSSR count). The lowest BCUT2D eigenvalue weighted by molar-refractivity contribution is 0.101. The SMILES string of the molecule is CC(=O)c1[nH]c(C)cc1C(C)C. The van der Waals surface area contributed by atoms with Gasteiger partial charge in [0.05, 0.1) is 5.69 Å². The molecule has 0 fully saturated rings. The van der Waals surface area contributed by atoms with E-state index < -0.39 is 0 Å². The summed E-state index contributed by atoms with van der Waals surface area (Å²) in [7, 11) is 0. The highest BCUT2D eigenvalue weighted by molar-refractivity contribution is 5.94. The molecule has 0 aromatic carbocycles. The Morgan fingerprint density at radius 2 is 2.08 bits per heavy atom. The van der Waals surface area contributed by atoms with Gasteiger partial charge in [0.2, 0.25) is 0 Å². The normalized spacial score (nSPS) is 10.8. The van der Waals surface area contributed by atoms with Gasteiger partial charge in [0.25, 0.3) is 0 Å². The van der Waals surface area contributed by atoms with Crippen molar-refractivity contribution < 1.29 is 4.79 Å². The van der Waals surface area contributed by atoms with E-state index in [1.54, 1.807) is 6.92 Å². The van der Waals surface area contributed by atoms with Crippen molar-refractivity contribution in [1.82, 2.24) is 4.98 Å². The largest absolute Gasteiger partial charge is 0.356 e. The predicted octanol–water partition coefficient (Wildman–Crippen LogP) is 2.65. The number of ketones is 1. The molecule has 2 heteroatoms. The number of Topliss-reactive ketones (excluding diaryl/α,β-unsaturated/α-hetero) is 1. The average Bonchev–Trinajstić information content (AvgIpc) is 2.31. The molecule has 2 nitrogen and oxygen atoms in total. The molecule has 0 bridgehead atoms. The first-order chi connectivity index (χ1) is 5.52. The zero-order valence-electron chi connectivity index (χ0n) is 8.06. The van der Waals surface area contributed by atoms with E-state index in [0.717, 1.165) is 17.0 Å². The molecule has 1 aromatic rings. The Labute approximate surface area is 73.0 Å². The molecule has 12 heavy (non-hydrogen) atoms. The van der Waals surface area contributed by atoms with Crippen molar-refractivity contribution >= 4 is 5.78 Å². The zero-order chi connectivity index (χ0) is 9.30. The first kappa shape index (κ1) is 9.04. The van der Waals surface area contributed by atoms with Crippen molar-refractivity contribution in [3.8, 4) is 0 Å². The minimum Gasteiger partial charge on any atom is -0.356 e. The molecule has 0 aliphatic heterocycles. The lowest BCUT2D eigenvalue weighted by Crippen LogP contribution is -1.98. The summed E-state index contributed by atoms with van der Waals surface area (Å²) in [6.07, 6.45) is 0. The van der Waals surface area contributed by atoms with Crippen LogP contribution in [-0.2, 0) is 0 Å². The van der Waals surface area contributed by atoms with E-state index >= 15 is 0 Å². The van der Waals surface area contributed by atoms with Gasteiger partial charge in [-0.3, -0.25) is 4.79 Å². The lowest BCUT2D eigenvalue weighted by atomic mass is 10.0. The van der Waals surface area contributed by atoms with Crippen LogP contribution in [0.2, 0.25) is 0 Å². The van der Waals surface area contributed by atoms with Gasteiger partial charge in [0.15, 0.2) is 5.78 Å². The molecule has 1 N–H and O–H groups in total. The third-order valence-electron chi connectivity index (χ3n) is 1.96. The first-order valence-electron chi connectivity index (χ1n) is 4.22. The topological polar surface area (TPSA) is 32.9 Å². The van der Waals surface area contributed by atoms with Gasteiger partial charge in [0.1, 0.15) is 0 Å². The van der Waals surface area contributed by atoms with Gasteiger partial charge in [0, 0.05) is 12.6 Å². The summed E-state index contributed by atoms with van der Waals surface area (Å²) in [5, 5.41) is 0. The maximum absolute atomic E-state index is 11.2. The molecule has 1 heterocycles. The highest BCUT2D eigenvalue weighted by Gasteiger charge is 2.12. The van der Waals surface area contributed by atoms with Crippen LogP contribution in [0.1, 0.15) is 48.4 Å². The number of carbonyl (C=O) groups excluding carboxylic acids is 1. The Morgan fingerprint density at radius 1 is 1.50 bits per heavy atom. The number of nitrogens with one attached hydrogen (secondary N) is 1. The van der Waals surface area contributed by atoms with Gasteiger partial charge in [-0.2, -0.15) is 0 Å². The summed E-state index contributed by atoms with van der Waals surface area (Å²) < 4.78 is 0. The van der Waals surface area contributed by atoms with Crippen molar-refractivity contribution in [2.45, 2.75) is 33.6 Å². The molecule has 0 saturated heterocycles. The summed E-state index contributed by atoms with van der Waals surface area (Å²) in [4.78, 5) is 14.2. The molecular weight excluding hydrogens is 150 g/mol. The number of aryl methyl sites for hydroxylation is 1. The van der Waals surface area contributed by atoms with E-state index in [1.807, 2.05) is 13.0 Å². The summed E-state index contributed by atoms with van der Waals surface area (Å²) in [6, 6.07) is 2.04. The number of aromatic nitrogens is 1. The highest BCUT2D eigenvalue weighted by atomic mass is 16.1. The summed E-state index contributed by atoms with van der Waals surface area (Å²) in [5.74, 6) is 0.528. The van der Waals surface area contributed by atoms with E-state index in [-0.39, 0.29) is 5.78 Å². The van der Waals surface area contributed by atoms with Gasteiger partial charge in [-0.15, -0.1) is 0 Å². The Balaban J connectivity index is 3.17. The van der Waals surface area contributed by atoms with Crippen molar-refractivity contribution in [3.05, 3.63) is 23.0 Å². The standard InChI is InChI=1S/C10H15NO/c1-6(2)9-5-7(3)11-10(9)8(4)12/h5-6,11H,1-4H3. The van der Waals surface area contributed by atoms with Crippen molar-refractivity contribution in [3.63, 3.8) is 0 Å². The predicted molar refractivity (Wildman–Crippen MR) is 49.6 cm³/mol. The van der Waals surface area contributed by atoms with Gasteiger partial charge in [-0.05, 0) is 24.5 Å². The molecule has 0 aliphatic carbocycles. The van der Waals surface area contributed by atoms with Crippen LogP contribution < -0.4 is 0 Å². The maximum Gasteiger partial charge on any atom is 0.176 e. The Bertz CT molecular complexity index is 297. The molecule has 0 radical (unpaired) electrons. The fourth-order valence-corrected chi connectivity index (χ4v) is 1.36. The minimum absolute atomic E-state index is 0.117. The van der Waals surface area contributed by atoms with Crippen LogP contribution in [0.3, 0.4) is 0 Å². The molecule has 66 valence electrons. The third kappa shape index (κ3) is 1.58. The molecule has 0 amide bonds. The number of H-pyrrole nitrogens is 1. The van der Waals surface area contributed by atoms with E-state index in [1.165, 1.54) is 0 Å². The average molecular weight is 165 g/mol. The van der Waals surface area contributed by atoms with Crippen molar-refractivity contribution in [1.29, 1.82) is 0 Å². The summed E-state index contributed by atoms with van der Waals surface area (Å²) in [6.45, 7) is 7.75. The maximum atomic E-state index is 11.2. The van der Waals surface area contributed by atoms with Crippen molar-refractivity contribution in [2.75, 3.05) is 0 Å². The monoisotopic (exact) mass is 165 g/mol. The van der Waals surface area contributed by atoms with Crippen LogP contribution in [0, 0.1) is 6.92 Å². The molecule has 0 aliphatic rings. The Hall–Kier alpha value is -1.05. The van der Waals surface area contributed by atoms with Crippen LogP contribution in [0.25, 0.3) is 0 Å². The van der Waals surface area contributed by atoms with Crippen LogP contribution in [0.15, 0.2) is 6.07 Å². The molecule has 0 atom stereocenters. The second-order valence-electron chi connectivity index (χ2n) is 3.49. The zero-order valence-corrected chi connectivity index (χ0v) is 8.06. The van der Waals surface area contributed by atoms with E-state index in [9.17, 15) is 4.79 Å². The molecule has 1 aromatic heterocycles. The van der Waals surface area contributed by atoms with Crippen LogP contribution in [-0.4, -0.2) is 10.8 Å². The molecule has 0 unspecified atom stereocenters. The number of rotatable bonds is 2. The molecule has 0 spiro atoms. The van der Waals surface area contributed by atoms with E-state index in [4.69, 9.17) is 0 Å². The van der Waals surface area contributed by atoms with E-state index in [2.05, 4.69) is 18.8 Å². The number of carbonyl (C=O) groups is 1. The minimum atomic E-state index is 0.117. The summed E-state index contributed by atoms with van der Waals surface area (Å²) >= 11 is 0. The van der Waals surface area contributed by atoms with Gasteiger partial charge in [-0.25, -0.2) is 0 Å². The lowest BCUT2D eigenvalue weighted by Gasteiger charge is -2.02. The van der Waals surface area contributed by atoms with Gasteiger partial charge in [-0.1, -0.05) is 13.8 Å². The Kier molecular flexibility index (Phi) is 2.36. The van der Waals surface area contributed by atoms with Gasteiger partial charge < -0.3 is 4.98 Å². The highest BCUT2D eigenvalue weighted by Crippen LogP contribution is 2.20. The second kappa shape index (κ2) is 3.13. The second-order valence-corrected chi connectivity index (χ2v) is 3.49. The van der Waals surface area contributed by atoms with Gasteiger partial charge >= 0.3 is 0 Å². The van der Waals surface area contributed by atoms with Crippen LogP contribution in [0.5, 0.6) is 0 Å². The fraction of sp³-hybridized carbons (Fsp3) is 0.500. The van der Waals surface area contributed by atoms with Crippen molar-refractivity contribution in [2.24, 2.45) is 0 Å². The molecular formula is C10H15NO. The van der Waals surface area contributed by atoms with Crippen LogP contribution >= 0.6 is 0 Å². The number of aromatic amines is 1. The van der Waals surface area contributed by atoms with E-state index in [0.29, 0.717) is 5.92 Å². The smallest absolute Gasteiger partial charge is 0.176 e. The first-order valence-corrected chi connectivity index (χ1v) is 4.22. The van der Waals surface area contributed by atoms with Crippen LogP contribution in [0.4, 0.5) is 0 Å². The Morgan fingerprint density at radius 3 is 2.42 bits per heavy atom. The number of hydrogen-bond acceptors (Lipinski definition) is 1. The summed E-state index contributed by atoms with van der Waals surface area (Å²) in [5.41, 5.74) is 2.95. The molecule has 0 saturated carbocycles. The third-order valence-corrected chi connectivity index (χ3v) is 1.96. The quantitative estimate of drug-likeness (QED) is 0.671. The fourth-order valence-electron chi connectivity index (χ4n) is 1.36. The number of hydrogen-bond donors (Lipinski definition) is 1.